The van der Waals surface area contributed by atoms with E-state index in [0.717, 1.165) is 23.7 Å². The maximum absolute atomic E-state index is 12.7. The molecule has 2 aliphatic rings. The van der Waals surface area contributed by atoms with Gasteiger partial charge >= 0.3 is 0 Å². The van der Waals surface area contributed by atoms with Gasteiger partial charge in [0.1, 0.15) is 0 Å². The molecule has 5 heteroatoms. The molecule has 1 aromatic heterocycles. The maximum Gasteiger partial charge on any atom is 0.255 e. The van der Waals surface area contributed by atoms with Crippen molar-refractivity contribution in [2.45, 2.75) is 18.6 Å². The van der Waals surface area contributed by atoms with Crippen LogP contribution in [0.1, 0.15) is 23.2 Å². The number of hydrogen-bond acceptors (Lipinski definition) is 4. The Balaban J connectivity index is 1.51. The first-order chi connectivity index (χ1) is 10.8. The van der Waals surface area contributed by atoms with Crippen LogP contribution in [-0.2, 0) is 9.47 Å². The van der Waals surface area contributed by atoms with Crippen LogP contribution in [0.25, 0.3) is 10.9 Å². The Morgan fingerprint density at radius 1 is 1.14 bits per heavy atom. The number of fused-ring (bicyclic) bond motifs is 1. The lowest BCUT2D eigenvalue weighted by Crippen LogP contribution is -2.47. The summed E-state index contributed by atoms with van der Waals surface area (Å²) < 4.78 is 11.4. The number of hydrogen-bond donors (Lipinski definition) is 0. The average molecular weight is 298 g/mol. The molecule has 4 rings (SSSR count). The van der Waals surface area contributed by atoms with Crippen molar-refractivity contribution in [2.24, 2.45) is 0 Å². The van der Waals surface area contributed by atoms with E-state index in [-0.39, 0.29) is 5.91 Å². The fourth-order valence-corrected chi connectivity index (χ4v) is 3.21. The van der Waals surface area contributed by atoms with Gasteiger partial charge in [0, 0.05) is 37.5 Å². The Morgan fingerprint density at radius 2 is 1.86 bits per heavy atom. The number of ether oxygens (including phenoxy) is 2. The summed E-state index contributed by atoms with van der Waals surface area (Å²) in [5.41, 5.74) is 1.55. The Hall–Kier alpha value is -1.98. The zero-order valence-electron chi connectivity index (χ0n) is 12.3. The van der Waals surface area contributed by atoms with Crippen LogP contribution in [0.5, 0.6) is 0 Å². The number of carbonyl (C=O) groups is 1. The SMILES string of the molecule is O=C(c1cnc2ccccc2c1)N1CCC2(CC1)OCCO2. The fraction of sp³-hybridized carbons (Fsp3) is 0.412. The lowest BCUT2D eigenvalue weighted by atomic mass is 10.0. The van der Waals surface area contributed by atoms with E-state index < -0.39 is 5.79 Å². The first-order valence-electron chi connectivity index (χ1n) is 7.68. The smallest absolute Gasteiger partial charge is 0.255 e. The van der Waals surface area contributed by atoms with E-state index in [1.807, 2.05) is 35.2 Å². The molecule has 2 aromatic rings. The minimum absolute atomic E-state index is 0.0334. The molecule has 0 unspecified atom stereocenters. The number of aromatic nitrogens is 1. The fourth-order valence-electron chi connectivity index (χ4n) is 3.21. The van der Waals surface area contributed by atoms with Crippen LogP contribution in [0.2, 0.25) is 0 Å². The van der Waals surface area contributed by atoms with Crippen molar-refractivity contribution < 1.29 is 14.3 Å². The quantitative estimate of drug-likeness (QED) is 0.810. The number of amides is 1. The third kappa shape index (κ3) is 2.36. The molecule has 114 valence electrons. The number of pyridine rings is 1. The summed E-state index contributed by atoms with van der Waals surface area (Å²) in [4.78, 5) is 18.9. The molecule has 0 atom stereocenters. The maximum atomic E-state index is 12.7. The minimum Gasteiger partial charge on any atom is -0.347 e. The topological polar surface area (TPSA) is 51.7 Å². The number of nitrogens with zero attached hydrogens (tertiary/aromatic N) is 2. The average Bonchev–Trinajstić information content (AvgIpc) is 3.02. The Labute approximate surface area is 128 Å². The molecule has 0 aliphatic carbocycles. The van der Waals surface area contributed by atoms with Gasteiger partial charge in [-0.05, 0) is 12.1 Å². The molecule has 2 saturated heterocycles. The second kappa shape index (κ2) is 5.34. The second-order valence-corrected chi connectivity index (χ2v) is 5.82. The Morgan fingerprint density at radius 3 is 2.64 bits per heavy atom. The summed E-state index contributed by atoms with van der Waals surface area (Å²) >= 11 is 0. The molecule has 0 bridgehead atoms. The summed E-state index contributed by atoms with van der Waals surface area (Å²) in [6.45, 7) is 2.63. The lowest BCUT2D eigenvalue weighted by Gasteiger charge is -2.37. The normalized spacial score (nSPS) is 20.6. The molecule has 0 radical (unpaired) electrons. The van der Waals surface area contributed by atoms with Gasteiger partial charge in [-0.1, -0.05) is 18.2 Å². The van der Waals surface area contributed by atoms with Crippen molar-refractivity contribution >= 4 is 16.8 Å². The summed E-state index contributed by atoms with van der Waals surface area (Å²) in [6.07, 6.45) is 3.14. The van der Waals surface area contributed by atoms with Gasteiger partial charge < -0.3 is 14.4 Å². The zero-order valence-corrected chi connectivity index (χ0v) is 12.3. The van der Waals surface area contributed by atoms with Gasteiger partial charge in [0.2, 0.25) is 0 Å². The van der Waals surface area contributed by atoms with Crippen molar-refractivity contribution in [3.8, 4) is 0 Å². The third-order valence-corrected chi connectivity index (χ3v) is 4.46. The highest BCUT2D eigenvalue weighted by atomic mass is 16.7. The first-order valence-corrected chi connectivity index (χ1v) is 7.68. The van der Waals surface area contributed by atoms with E-state index in [4.69, 9.17) is 9.47 Å². The van der Waals surface area contributed by atoms with Crippen molar-refractivity contribution in [3.63, 3.8) is 0 Å². The molecule has 2 aliphatic heterocycles. The van der Waals surface area contributed by atoms with Crippen LogP contribution in [0.3, 0.4) is 0 Å². The zero-order chi connectivity index (χ0) is 15.0. The predicted octanol–water partition coefficient (Wildman–Crippen LogP) is 2.21. The highest BCUT2D eigenvalue weighted by Gasteiger charge is 2.40. The number of rotatable bonds is 1. The summed E-state index contributed by atoms with van der Waals surface area (Å²) in [5, 5.41) is 0.990. The number of benzene rings is 1. The van der Waals surface area contributed by atoms with E-state index in [2.05, 4.69) is 4.98 Å². The van der Waals surface area contributed by atoms with E-state index >= 15 is 0 Å². The molecule has 1 aromatic carbocycles. The monoisotopic (exact) mass is 298 g/mol. The predicted molar refractivity (Wildman–Crippen MR) is 81.5 cm³/mol. The second-order valence-electron chi connectivity index (χ2n) is 5.82. The van der Waals surface area contributed by atoms with E-state index in [0.29, 0.717) is 31.9 Å². The van der Waals surface area contributed by atoms with E-state index in [1.54, 1.807) is 6.20 Å². The molecular formula is C17H18N2O3. The molecule has 3 heterocycles. The molecular weight excluding hydrogens is 280 g/mol. The van der Waals surface area contributed by atoms with Crippen molar-refractivity contribution in [1.29, 1.82) is 0 Å². The largest absolute Gasteiger partial charge is 0.347 e. The summed E-state index contributed by atoms with van der Waals surface area (Å²) in [5.74, 6) is -0.413. The van der Waals surface area contributed by atoms with Gasteiger partial charge in [0.05, 0.1) is 24.3 Å². The molecule has 0 saturated carbocycles. The minimum atomic E-state index is -0.446. The van der Waals surface area contributed by atoms with E-state index in [9.17, 15) is 4.79 Å². The molecule has 1 spiro atoms. The molecule has 5 nitrogen and oxygen atoms in total. The highest BCUT2D eigenvalue weighted by molar-refractivity contribution is 5.97. The molecule has 0 N–H and O–H groups in total. The first kappa shape index (κ1) is 13.7. The summed E-state index contributed by atoms with van der Waals surface area (Å²) in [6, 6.07) is 9.74. The third-order valence-electron chi connectivity index (χ3n) is 4.46. The van der Waals surface area contributed by atoms with Crippen LogP contribution in [0, 0.1) is 0 Å². The Kier molecular flexibility index (Phi) is 3.32. The number of para-hydroxylation sites is 1. The van der Waals surface area contributed by atoms with Crippen molar-refractivity contribution in [2.75, 3.05) is 26.3 Å². The van der Waals surface area contributed by atoms with Crippen LogP contribution in [0.15, 0.2) is 36.5 Å². The van der Waals surface area contributed by atoms with Crippen LogP contribution in [-0.4, -0.2) is 47.9 Å². The van der Waals surface area contributed by atoms with Gasteiger partial charge in [0.25, 0.3) is 5.91 Å². The highest BCUT2D eigenvalue weighted by Crippen LogP contribution is 2.31. The van der Waals surface area contributed by atoms with Gasteiger partial charge in [-0.3, -0.25) is 9.78 Å². The van der Waals surface area contributed by atoms with Gasteiger partial charge in [-0.15, -0.1) is 0 Å². The van der Waals surface area contributed by atoms with Crippen LogP contribution in [0.4, 0.5) is 0 Å². The summed E-state index contributed by atoms with van der Waals surface area (Å²) in [7, 11) is 0. The Bertz CT molecular complexity index is 700. The van der Waals surface area contributed by atoms with Gasteiger partial charge in [-0.2, -0.15) is 0 Å². The molecule has 2 fully saturated rings. The standard InChI is InChI=1S/C17H18N2O3/c20-16(14-11-13-3-1-2-4-15(13)18-12-14)19-7-5-17(6-8-19)21-9-10-22-17/h1-4,11-12H,5-10H2. The van der Waals surface area contributed by atoms with Crippen molar-refractivity contribution in [1.82, 2.24) is 9.88 Å². The number of likely N-dealkylation sites (tertiary alicyclic amines) is 1. The molecule has 22 heavy (non-hydrogen) atoms. The van der Waals surface area contributed by atoms with Crippen LogP contribution < -0.4 is 0 Å². The number of piperidine rings is 1. The van der Waals surface area contributed by atoms with Crippen molar-refractivity contribution in [3.05, 3.63) is 42.1 Å². The molecule has 1 amide bonds. The van der Waals surface area contributed by atoms with Crippen LogP contribution >= 0.6 is 0 Å². The lowest BCUT2D eigenvalue weighted by molar-refractivity contribution is -0.181. The van der Waals surface area contributed by atoms with Gasteiger partial charge in [0.15, 0.2) is 5.79 Å². The van der Waals surface area contributed by atoms with E-state index in [1.165, 1.54) is 0 Å². The van der Waals surface area contributed by atoms with Gasteiger partial charge in [-0.25, -0.2) is 0 Å². The number of carbonyl (C=O) groups excluding carboxylic acids is 1.